The fourth-order valence-corrected chi connectivity index (χ4v) is 3.36. The Labute approximate surface area is 120 Å². The Morgan fingerprint density at radius 1 is 1.40 bits per heavy atom. The maximum Gasteiger partial charge on any atom is 0.211 e. The van der Waals surface area contributed by atoms with Crippen molar-refractivity contribution >= 4 is 15.7 Å². The molecule has 1 unspecified atom stereocenters. The summed E-state index contributed by atoms with van der Waals surface area (Å²) in [5.74, 6) is 0.328. The highest BCUT2D eigenvalue weighted by Crippen LogP contribution is 2.19. The molecule has 1 heterocycles. The van der Waals surface area contributed by atoms with Crippen molar-refractivity contribution in [2.24, 2.45) is 5.92 Å². The summed E-state index contributed by atoms with van der Waals surface area (Å²) in [6, 6.07) is 9.36. The topological polar surface area (TPSA) is 73.2 Å². The molecule has 1 aromatic carbocycles. The first-order valence-electron chi connectivity index (χ1n) is 6.68. The Balaban J connectivity index is 1.89. The summed E-state index contributed by atoms with van der Waals surface area (Å²) in [6.07, 6.45) is 3.21. The van der Waals surface area contributed by atoms with E-state index in [-0.39, 0.29) is 0 Å². The highest BCUT2D eigenvalue weighted by Gasteiger charge is 2.25. The van der Waals surface area contributed by atoms with Gasteiger partial charge < -0.3 is 5.32 Å². The van der Waals surface area contributed by atoms with Crippen LogP contribution in [0.15, 0.2) is 24.3 Å². The number of benzene rings is 1. The van der Waals surface area contributed by atoms with E-state index in [1.807, 2.05) is 12.1 Å². The first kappa shape index (κ1) is 14.8. The molecular weight excluding hydrogens is 274 g/mol. The van der Waals surface area contributed by atoms with Crippen molar-refractivity contribution in [1.29, 1.82) is 5.26 Å². The average molecular weight is 293 g/mol. The first-order chi connectivity index (χ1) is 9.49. The minimum absolute atomic E-state index is 0.328. The van der Waals surface area contributed by atoms with Gasteiger partial charge in [-0.2, -0.15) is 5.26 Å². The summed E-state index contributed by atoms with van der Waals surface area (Å²) in [6.45, 7) is 1.96. The van der Waals surface area contributed by atoms with Gasteiger partial charge in [0.25, 0.3) is 0 Å². The molecule has 0 spiro atoms. The standard InChI is InChI=1S/C14H19N3O2S/c1-20(18,19)17-8-2-3-13(11-17)10-16-14-6-4-12(9-15)5-7-14/h4-7,13,16H,2-3,8,10-11H2,1H3. The number of anilines is 1. The van der Waals surface area contributed by atoms with Crippen LogP contribution in [0.2, 0.25) is 0 Å². The van der Waals surface area contributed by atoms with Gasteiger partial charge in [-0.15, -0.1) is 0 Å². The van der Waals surface area contributed by atoms with Crippen LogP contribution in [-0.4, -0.2) is 38.6 Å². The molecule has 0 saturated carbocycles. The Hall–Kier alpha value is -1.58. The molecule has 1 aromatic rings. The lowest BCUT2D eigenvalue weighted by Gasteiger charge is -2.31. The lowest BCUT2D eigenvalue weighted by atomic mass is 9.99. The fraction of sp³-hybridized carbons (Fsp3) is 0.500. The van der Waals surface area contributed by atoms with Crippen LogP contribution in [0, 0.1) is 17.2 Å². The van der Waals surface area contributed by atoms with Gasteiger partial charge in [0.2, 0.25) is 10.0 Å². The maximum absolute atomic E-state index is 11.6. The highest BCUT2D eigenvalue weighted by molar-refractivity contribution is 7.88. The van der Waals surface area contributed by atoms with Crippen molar-refractivity contribution in [2.75, 3.05) is 31.2 Å². The van der Waals surface area contributed by atoms with Gasteiger partial charge >= 0.3 is 0 Å². The SMILES string of the molecule is CS(=O)(=O)N1CCCC(CNc2ccc(C#N)cc2)C1. The summed E-state index contributed by atoms with van der Waals surface area (Å²) >= 11 is 0. The molecule has 1 saturated heterocycles. The predicted molar refractivity (Wildman–Crippen MR) is 78.8 cm³/mol. The van der Waals surface area contributed by atoms with Crippen molar-refractivity contribution in [3.63, 3.8) is 0 Å². The zero-order chi connectivity index (χ0) is 14.6. The van der Waals surface area contributed by atoms with E-state index >= 15 is 0 Å². The van der Waals surface area contributed by atoms with Crippen molar-refractivity contribution in [2.45, 2.75) is 12.8 Å². The molecule has 1 fully saturated rings. The Bertz CT molecular complexity index is 590. The summed E-state index contributed by atoms with van der Waals surface area (Å²) in [4.78, 5) is 0. The summed E-state index contributed by atoms with van der Waals surface area (Å²) in [5, 5.41) is 12.0. The molecule has 2 rings (SSSR count). The lowest BCUT2D eigenvalue weighted by Crippen LogP contribution is -2.41. The summed E-state index contributed by atoms with van der Waals surface area (Å²) < 4.78 is 24.7. The van der Waals surface area contributed by atoms with Crippen molar-refractivity contribution in [3.05, 3.63) is 29.8 Å². The van der Waals surface area contributed by atoms with Gasteiger partial charge in [0.15, 0.2) is 0 Å². The van der Waals surface area contributed by atoms with Gasteiger partial charge in [0.05, 0.1) is 17.9 Å². The number of sulfonamides is 1. The van der Waals surface area contributed by atoms with Crippen molar-refractivity contribution in [3.8, 4) is 6.07 Å². The minimum Gasteiger partial charge on any atom is -0.385 e. The van der Waals surface area contributed by atoms with Crippen LogP contribution in [-0.2, 0) is 10.0 Å². The molecule has 0 aromatic heterocycles. The van der Waals surface area contributed by atoms with Crippen molar-refractivity contribution < 1.29 is 8.42 Å². The first-order valence-corrected chi connectivity index (χ1v) is 8.53. The Kier molecular flexibility index (Phi) is 4.63. The van der Waals surface area contributed by atoms with E-state index in [2.05, 4.69) is 11.4 Å². The van der Waals surface area contributed by atoms with E-state index in [9.17, 15) is 8.42 Å². The second-order valence-corrected chi connectivity index (χ2v) is 7.18. The Morgan fingerprint density at radius 2 is 2.10 bits per heavy atom. The van der Waals surface area contributed by atoms with Gasteiger partial charge in [-0.25, -0.2) is 12.7 Å². The lowest BCUT2D eigenvalue weighted by molar-refractivity contribution is 0.277. The molecule has 1 N–H and O–H groups in total. The third-order valence-corrected chi connectivity index (χ3v) is 4.83. The number of hydrogen-bond acceptors (Lipinski definition) is 4. The van der Waals surface area contributed by atoms with Crippen LogP contribution in [0.5, 0.6) is 0 Å². The molecule has 1 aliphatic rings. The molecule has 0 aliphatic carbocycles. The second kappa shape index (κ2) is 6.25. The van der Waals surface area contributed by atoms with Crippen LogP contribution >= 0.6 is 0 Å². The zero-order valence-corrected chi connectivity index (χ0v) is 12.4. The molecule has 5 nitrogen and oxygen atoms in total. The van der Waals surface area contributed by atoms with E-state index in [0.717, 1.165) is 25.1 Å². The number of nitrogens with zero attached hydrogens (tertiary/aromatic N) is 2. The van der Waals surface area contributed by atoms with Gasteiger partial charge in [-0.3, -0.25) is 0 Å². The molecule has 1 aliphatic heterocycles. The van der Waals surface area contributed by atoms with Crippen LogP contribution < -0.4 is 5.32 Å². The number of nitriles is 1. The largest absolute Gasteiger partial charge is 0.385 e. The van der Waals surface area contributed by atoms with E-state index < -0.39 is 10.0 Å². The fourth-order valence-electron chi connectivity index (χ4n) is 2.42. The third kappa shape index (κ3) is 3.95. The van der Waals surface area contributed by atoms with Gasteiger partial charge in [-0.1, -0.05) is 0 Å². The number of nitrogens with one attached hydrogen (secondary N) is 1. The van der Waals surface area contributed by atoms with Crippen LogP contribution in [0.1, 0.15) is 18.4 Å². The highest BCUT2D eigenvalue weighted by atomic mass is 32.2. The summed E-state index contributed by atoms with van der Waals surface area (Å²) in [7, 11) is -3.08. The monoisotopic (exact) mass is 293 g/mol. The maximum atomic E-state index is 11.6. The smallest absolute Gasteiger partial charge is 0.211 e. The molecule has 0 bridgehead atoms. The molecule has 20 heavy (non-hydrogen) atoms. The number of rotatable bonds is 4. The Morgan fingerprint density at radius 3 is 2.70 bits per heavy atom. The number of hydrogen-bond donors (Lipinski definition) is 1. The molecule has 0 amide bonds. The van der Waals surface area contributed by atoms with Gasteiger partial charge in [0, 0.05) is 25.3 Å². The molecule has 1 atom stereocenters. The van der Waals surface area contributed by atoms with Crippen molar-refractivity contribution in [1.82, 2.24) is 4.31 Å². The van der Waals surface area contributed by atoms with Crippen LogP contribution in [0.4, 0.5) is 5.69 Å². The summed E-state index contributed by atoms with van der Waals surface area (Å²) in [5.41, 5.74) is 1.59. The van der Waals surface area contributed by atoms with Gasteiger partial charge in [-0.05, 0) is 43.0 Å². The van der Waals surface area contributed by atoms with E-state index in [0.29, 0.717) is 24.6 Å². The quantitative estimate of drug-likeness (QED) is 0.916. The van der Waals surface area contributed by atoms with E-state index in [1.54, 1.807) is 16.4 Å². The normalized spacial score (nSPS) is 20.3. The van der Waals surface area contributed by atoms with Crippen LogP contribution in [0.3, 0.4) is 0 Å². The predicted octanol–water partition coefficient (Wildman–Crippen LogP) is 1.64. The number of piperidine rings is 1. The molecule has 6 heteroatoms. The second-order valence-electron chi connectivity index (χ2n) is 5.20. The van der Waals surface area contributed by atoms with Gasteiger partial charge in [0.1, 0.15) is 0 Å². The van der Waals surface area contributed by atoms with E-state index in [4.69, 9.17) is 5.26 Å². The molecular formula is C14H19N3O2S. The average Bonchev–Trinajstić information content (AvgIpc) is 2.45. The van der Waals surface area contributed by atoms with E-state index in [1.165, 1.54) is 6.26 Å². The molecule has 108 valence electrons. The zero-order valence-electron chi connectivity index (χ0n) is 11.5. The molecule has 0 radical (unpaired) electrons. The third-order valence-electron chi connectivity index (χ3n) is 3.56. The minimum atomic E-state index is -3.08. The van der Waals surface area contributed by atoms with Crippen LogP contribution in [0.25, 0.3) is 0 Å².